The maximum absolute atomic E-state index is 2.41. The van der Waals surface area contributed by atoms with Gasteiger partial charge in [-0.15, -0.1) is 0 Å². The van der Waals surface area contributed by atoms with E-state index in [2.05, 4.69) is 75.8 Å². The number of aromatic nitrogens is 1. The van der Waals surface area contributed by atoms with Crippen LogP contribution >= 0.6 is 0 Å². The van der Waals surface area contributed by atoms with Crippen LogP contribution in [-0.4, -0.2) is 0 Å². The van der Waals surface area contributed by atoms with Gasteiger partial charge in [0.15, 0.2) is 6.20 Å². The SMILES string of the molecule is Cc1cc(C(C)(C)C)ccc1-c1cc(CC2CCCC2)cc[n+]1C. The third-order valence-corrected chi connectivity index (χ3v) is 5.58. The second kappa shape index (κ2) is 6.70. The number of hydrogen-bond donors (Lipinski definition) is 0. The van der Waals surface area contributed by atoms with Crippen molar-refractivity contribution in [3.63, 3.8) is 0 Å². The molecule has 2 aromatic rings. The van der Waals surface area contributed by atoms with E-state index in [1.54, 1.807) is 0 Å². The van der Waals surface area contributed by atoms with Crippen molar-refractivity contribution in [1.82, 2.24) is 0 Å². The van der Waals surface area contributed by atoms with Gasteiger partial charge in [-0.2, -0.15) is 0 Å². The van der Waals surface area contributed by atoms with E-state index in [1.807, 2.05) is 0 Å². The van der Waals surface area contributed by atoms with Crippen molar-refractivity contribution in [3.05, 3.63) is 53.2 Å². The van der Waals surface area contributed by atoms with Gasteiger partial charge < -0.3 is 0 Å². The van der Waals surface area contributed by atoms with Crippen molar-refractivity contribution in [1.29, 1.82) is 0 Å². The molecule has 0 unspecified atom stereocenters. The van der Waals surface area contributed by atoms with E-state index < -0.39 is 0 Å². The molecule has 0 aliphatic heterocycles. The Labute approximate surface area is 147 Å². The van der Waals surface area contributed by atoms with Gasteiger partial charge in [-0.1, -0.05) is 58.6 Å². The summed E-state index contributed by atoms with van der Waals surface area (Å²) in [5.74, 6) is 0.898. The lowest BCUT2D eigenvalue weighted by atomic mass is 9.85. The van der Waals surface area contributed by atoms with Gasteiger partial charge in [-0.25, -0.2) is 4.57 Å². The molecular formula is C23H32N+. The summed E-state index contributed by atoms with van der Waals surface area (Å²) in [7, 11) is 2.16. The van der Waals surface area contributed by atoms with E-state index in [-0.39, 0.29) is 5.41 Å². The minimum Gasteiger partial charge on any atom is -0.201 e. The lowest BCUT2D eigenvalue weighted by Crippen LogP contribution is -2.31. The molecule has 1 aliphatic rings. The van der Waals surface area contributed by atoms with Crippen LogP contribution in [0.25, 0.3) is 11.3 Å². The Hall–Kier alpha value is -1.63. The maximum Gasteiger partial charge on any atom is 0.212 e. The first kappa shape index (κ1) is 17.2. The molecule has 0 radical (unpaired) electrons. The molecule has 1 aromatic heterocycles. The monoisotopic (exact) mass is 322 g/mol. The molecule has 1 aliphatic carbocycles. The Morgan fingerprint density at radius 3 is 2.38 bits per heavy atom. The first-order chi connectivity index (χ1) is 11.3. The minimum atomic E-state index is 0.204. The molecule has 1 aromatic carbocycles. The molecule has 1 saturated carbocycles. The van der Waals surface area contributed by atoms with Gasteiger partial charge in [0.05, 0.1) is 0 Å². The molecule has 0 N–H and O–H groups in total. The van der Waals surface area contributed by atoms with Gasteiger partial charge in [0, 0.05) is 17.7 Å². The molecule has 0 bridgehead atoms. The standard InChI is InChI=1S/C23H32N/c1-17-14-20(23(2,3)4)10-11-21(17)22-16-19(12-13-24(22)5)15-18-8-6-7-9-18/h10-14,16,18H,6-9,15H2,1-5H3/q+1. The Bertz CT molecular complexity index is 715. The van der Waals surface area contributed by atoms with E-state index >= 15 is 0 Å². The maximum atomic E-state index is 2.41. The van der Waals surface area contributed by atoms with Crippen molar-refractivity contribution < 1.29 is 4.57 Å². The van der Waals surface area contributed by atoms with Crippen molar-refractivity contribution in [2.45, 2.75) is 65.2 Å². The second-order valence-electron chi connectivity index (χ2n) is 8.67. The normalized spacial score (nSPS) is 15.9. The molecule has 128 valence electrons. The van der Waals surface area contributed by atoms with Crippen LogP contribution in [0.3, 0.4) is 0 Å². The molecule has 1 heteroatoms. The predicted molar refractivity (Wildman–Crippen MR) is 102 cm³/mol. The lowest BCUT2D eigenvalue weighted by molar-refractivity contribution is -0.660. The Morgan fingerprint density at radius 2 is 1.75 bits per heavy atom. The van der Waals surface area contributed by atoms with E-state index in [1.165, 1.54) is 60.1 Å². The molecular weight excluding hydrogens is 290 g/mol. The van der Waals surface area contributed by atoms with Crippen molar-refractivity contribution in [2.24, 2.45) is 13.0 Å². The van der Waals surface area contributed by atoms with Gasteiger partial charge in [0.1, 0.15) is 7.05 Å². The molecule has 1 fully saturated rings. The topological polar surface area (TPSA) is 3.88 Å². The van der Waals surface area contributed by atoms with Gasteiger partial charge >= 0.3 is 0 Å². The third kappa shape index (κ3) is 3.71. The van der Waals surface area contributed by atoms with E-state index in [0.717, 1.165) is 5.92 Å². The van der Waals surface area contributed by atoms with Gasteiger partial charge in [-0.3, -0.25) is 0 Å². The summed E-state index contributed by atoms with van der Waals surface area (Å²) in [5.41, 5.74) is 7.18. The first-order valence-corrected chi connectivity index (χ1v) is 9.44. The highest BCUT2D eigenvalue weighted by atomic mass is 14.9. The number of nitrogens with zero attached hydrogens (tertiary/aromatic N) is 1. The smallest absolute Gasteiger partial charge is 0.201 e. The number of pyridine rings is 1. The molecule has 1 heterocycles. The Kier molecular flexibility index (Phi) is 4.80. The average molecular weight is 323 g/mol. The third-order valence-electron chi connectivity index (χ3n) is 5.58. The zero-order valence-electron chi connectivity index (χ0n) is 16.0. The van der Waals surface area contributed by atoms with E-state index in [0.29, 0.717) is 0 Å². The lowest BCUT2D eigenvalue weighted by Gasteiger charge is -2.20. The fourth-order valence-corrected chi connectivity index (χ4v) is 3.97. The summed E-state index contributed by atoms with van der Waals surface area (Å²) in [5, 5.41) is 0. The zero-order valence-corrected chi connectivity index (χ0v) is 16.0. The predicted octanol–water partition coefficient (Wildman–Crippen LogP) is 5.52. The minimum absolute atomic E-state index is 0.204. The van der Waals surface area contributed by atoms with E-state index in [4.69, 9.17) is 0 Å². The molecule has 0 spiro atoms. The van der Waals surface area contributed by atoms with Crippen LogP contribution in [0.15, 0.2) is 36.5 Å². The summed E-state index contributed by atoms with van der Waals surface area (Å²) in [6, 6.07) is 11.7. The average Bonchev–Trinajstić information content (AvgIpc) is 3.01. The molecule has 0 saturated heterocycles. The van der Waals surface area contributed by atoms with Crippen LogP contribution in [0.2, 0.25) is 0 Å². The molecule has 0 atom stereocenters. The van der Waals surface area contributed by atoms with E-state index in [9.17, 15) is 0 Å². The Balaban J connectivity index is 1.93. The van der Waals surface area contributed by atoms with Crippen molar-refractivity contribution in [2.75, 3.05) is 0 Å². The quantitative estimate of drug-likeness (QED) is 0.655. The number of benzene rings is 1. The highest BCUT2D eigenvalue weighted by molar-refractivity contribution is 5.62. The molecule has 1 nitrogen and oxygen atoms in total. The fourth-order valence-electron chi connectivity index (χ4n) is 3.97. The first-order valence-electron chi connectivity index (χ1n) is 9.44. The van der Waals surface area contributed by atoms with Gasteiger partial charge in [0.2, 0.25) is 5.69 Å². The second-order valence-corrected chi connectivity index (χ2v) is 8.67. The van der Waals surface area contributed by atoms with Crippen molar-refractivity contribution in [3.8, 4) is 11.3 Å². The number of hydrogen-bond acceptors (Lipinski definition) is 0. The molecule has 3 rings (SSSR count). The summed E-state index contributed by atoms with van der Waals surface area (Å²) in [6.07, 6.45) is 9.14. The van der Waals surface area contributed by atoms with Crippen LogP contribution in [-0.2, 0) is 18.9 Å². The molecule has 24 heavy (non-hydrogen) atoms. The summed E-state index contributed by atoms with van der Waals surface area (Å²) in [4.78, 5) is 0. The summed E-state index contributed by atoms with van der Waals surface area (Å²) < 4.78 is 2.26. The van der Waals surface area contributed by atoms with Crippen LogP contribution in [0.1, 0.15) is 63.1 Å². The highest BCUT2D eigenvalue weighted by Gasteiger charge is 2.20. The molecule has 0 amide bonds. The Morgan fingerprint density at radius 1 is 1.04 bits per heavy atom. The largest absolute Gasteiger partial charge is 0.212 e. The van der Waals surface area contributed by atoms with Crippen LogP contribution in [0, 0.1) is 12.8 Å². The van der Waals surface area contributed by atoms with Gasteiger partial charge in [-0.05, 0) is 47.4 Å². The van der Waals surface area contributed by atoms with Crippen molar-refractivity contribution >= 4 is 0 Å². The highest BCUT2D eigenvalue weighted by Crippen LogP contribution is 2.30. The van der Waals surface area contributed by atoms with Gasteiger partial charge in [0.25, 0.3) is 0 Å². The zero-order chi connectivity index (χ0) is 17.3. The van der Waals surface area contributed by atoms with Crippen LogP contribution in [0.4, 0.5) is 0 Å². The van der Waals surface area contributed by atoms with Crippen LogP contribution in [0.5, 0.6) is 0 Å². The summed E-state index contributed by atoms with van der Waals surface area (Å²) >= 11 is 0. The fraction of sp³-hybridized carbons (Fsp3) is 0.522. The number of rotatable bonds is 3. The summed E-state index contributed by atoms with van der Waals surface area (Å²) in [6.45, 7) is 9.09. The number of aryl methyl sites for hydroxylation is 2. The van der Waals surface area contributed by atoms with Crippen LogP contribution < -0.4 is 4.57 Å².